The quantitative estimate of drug-likeness (QED) is 0.0494. The molecular formula is C53H64FN3O5. The van der Waals surface area contributed by atoms with Gasteiger partial charge in [-0.1, -0.05) is 83.0 Å². The van der Waals surface area contributed by atoms with Gasteiger partial charge in [0.2, 0.25) is 0 Å². The number of halogens is 1. The lowest BCUT2D eigenvalue weighted by molar-refractivity contribution is -0.139. The number of benzene rings is 3. The maximum absolute atomic E-state index is 16.2. The minimum absolute atomic E-state index is 0.0327. The van der Waals surface area contributed by atoms with Crippen molar-refractivity contribution in [2.45, 2.75) is 136 Å². The highest BCUT2D eigenvalue weighted by molar-refractivity contribution is 5.87. The fraction of sp³-hybridized carbons (Fsp3) is 0.491. The molecule has 1 aliphatic carbocycles. The summed E-state index contributed by atoms with van der Waals surface area (Å²) in [7, 11) is 0. The van der Waals surface area contributed by atoms with Gasteiger partial charge in [-0.2, -0.15) is 15.8 Å². The van der Waals surface area contributed by atoms with Gasteiger partial charge in [0.25, 0.3) is 0 Å². The van der Waals surface area contributed by atoms with Crippen LogP contribution < -0.4 is 4.74 Å². The molecule has 3 aromatic carbocycles. The molecular weight excluding hydrogens is 778 g/mol. The van der Waals surface area contributed by atoms with Crippen molar-refractivity contribution in [3.8, 4) is 46.2 Å². The molecule has 9 heteroatoms. The number of rotatable bonds is 24. The van der Waals surface area contributed by atoms with Gasteiger partial charge < -0.3 is 14.2 Å². The van der Waals surface area contributed by atoms with Crippen LogP contribution in [-0.2, 0) is 38.3 Å². The number of hydrogen-bond acceptors (Lipinski definition) is 8. The third-order valence-electron chi connectivity index (χ3n) is 12.1. The largest absolute Gasteiger partial charge is 0.493 e. The second kappa shape index (κ2) is 24.7. The van der Waals surface area contributed by atoms with Crippen molar-refractivity contribution in [3.05, 3.63) is 101 Å². The Bertz CT molecular complexity index is 2120. The van der Waals surface area contributed by atoms with E-state index in [1.165, 1.54) is 38.5 Å². The lowest BCUT2D eigenvalue weighted by Gasteiger charge is -2.29. The molecule has 328 valence electrons. The molecule has 0 heterocycles. The first-order valence-electron chi connectivity index (χ1n) is 22.4. The number of aryl methyl sites for hydroxylation is 3. The molecule has 62 heavy (non-hydrogen) atoms. The Hall–Kier alpha value is -5.72. The van der Waals surface area contributed by atoms with E-state index in [1.54, 1.807) is 19.9 Å². The monoisotopic (exact) mass is 841 g/mol. The lowest BCUT2D eigenvalue weighted by Crippen LogP contribution is -2.28. The smallest absolute Gasteiger partial charge is 0.333 e. The van der Waals surface area contributed by atoms with Crippen LogP contribution in [0.1, 0.15) is 139 Å². The maximum Gasteiger partial charge on any atom is 0.333 e. The average molecular weight is 842 g/mol. The van der Waals surface area contributed by atoms with E-state index in [-0.39, 0.29) is 44.9 Å². The summed E-state index contributed by atoms with van der Waals surface area (Å²) in [5.74, 6) is 0.544. The summed E-state index contributed by atoms with van der Waals surface area (Å²) >= 11 is 0. The van der Waals surface area contributed by atoms with Gasteiger partial charge in [-0.3, -0.25) is 0 Å². The van der Waals surface area contributed by atoms with Crippen LogP contribution >= 0.6 is 0 Å². The van der Waals surface area contributed by atoms with Gasteiger partial charge in [0.1, 0.15) is 11.6 Å². The Morgan fingerprint density at radius 2 is 1.32 bits per heavy atom. The van der Waals surface area contributed by atoms with Gasteiger partial charge in [-0.15, -0.1) is 0 Å². The Morgan fingerprint density at radius 1 is 0.726 bits per heavy atom. The standard InChI is InChI=1S/C53H64FN3O5/c1-7-9-10-13-39-16-18-41(19-17-39)42-20-23-47(49(54)34-42)46-22-21-44(32-40(46)8-2)48-33-45(15-12-31-61-52(59)38(5)6)50(35-43(48)14-11-30-60-51(58)37(3)4)62-36-53(24-27-55,25-28-56)26-29-57/h20-23,32-35,39,41H,3,5,7-19,24-26,30-31,36H2,1-2,4,6H3. The van der Waals surface area contributed by atoms with Gasteiger partial charge in [-0.25, -0.2) is 14.0 Å². The second-order valence-electron chi connectivity index (χ2n) is 17.1. The number of hydrogen-bond donors (Lipinski definition) is 0. The highest BCUT2D eigenvalue weighted by Crippen LogP contribution is 2.41. The number of ether oxygens (including phenoxy) is 3. The number of nitrogens with zero attached hydrogens (tertiary/aromatic N) is 3. The van der Waals surface area contributed by atoms with Crippen LogP contribution in [0.4, 0.5) is 4.39 Å². The summed E-state index contributed by atoms with van der Waals surface area (Å²) in [4.78, 5) is 24.4. The first-order valence-corrected chi connectivity index (χ1v) is 22.4. The molecule has 0 aromatic heterocycles. The zero-order valence-corrected chi connectivity index (χ0v) is 37.4. The molecule has 0 radical (unpaired) electrons. The molecule has 0 saturated heterocycles. The molecule has 1 fully saturated rings. The van der Waals surface area contributed by atoms with Crippen molar-refractivity contribution in [1.82, 2.24) is 0 Å². The van der Waals surface area contributed by atoms with E-state index in [1.807, 2.05) is 30.3 Å². The Morgan fingerprint density at radius 3 is 1.87 bits per heavy atom. The van der Waals surface area contributed by atoms with Crippen LogP contribution in [0.5, 0.6) is 5.75 Å². The third kappa shape index (κ3) is 13.9. The minimum Gasteiger partial charge on any atom is -0.493 e. The molecule has 3 aromatic rings. The molecule has 8 nitrogen and oxygen atoms in total. The average Bonchev–Trinajstić information content (AvgIpc) is 3.26. The third-order valence-corrected chi connectivity index (χ3v) is 12.1. The van der Waals surface area contributed by atoms with Crippen molar-refractivity contribution in [2.75, 3.05) is 19.8 Å². The zero-order chi connectivity index (χ0) is 45.1. The summed E-state index contributed by atoms with van der Waals surface area (Å²) < 4.78 is 33.5. The molecule has 0 unspecified atom stereocenters. The van der Waals surface area contributed by atoms with E-state index in [2.05, 4.69) is 57.3 Å². The van der Waals surface area contributed by atoms with Gasteiger partial charge in [0.15, 0.2) is 0 Å². The minimum atomic E-state index is -0.991. The number of unbranched alkanes of at least 4 members (excludes halogenated alkanes) is 2. The van der Waals surface area contributed by atoms with Crippen molar-refractivity contribution in [3.63, 3.8) is 0 Å². The molecule has 0 N–H and O–H groups in total. The number of carbonyl (C=O) groups is 2. The summed E-state index contributed by atoms with van der Waals surface area (Å²) in [6.07, 6.45) is 12.3. The summed E-state index contributed by atoms with van der Waals surface area (Å²) in [6, 6.07) is 22.3. The predicted octanol–water partition coefficient (Wildman–Crippen LogP) is 12.8. The maximum atomic E-state index is 16.2. The van der Waals surface area contributed by atoms with E-state index in [9.17, 15) is 25.4 Å². The van der Waals surface area contributed by atoms with E-state index < -0.39 is 17.4 Å². The summed E-state index contributed by atoms with van der Waals surface area (Å²) in [5, 5.41) is 29.0. The Labute approximate surface area is 369 Å². The van der Waals surface area contributed by atoms with Crippen molar-refractivity contribution in [2.24, 2.45) is 11.3 Å². The lowest BCUT2D eigenvalue weighted by atomic mass is 9.77. The zero-order valence-electron chi connectivity index (χ0n) is 37.4. The predicted molar refractivity (Wildman–Crippen MR) is 242 cm³/mol. The number of nitriles is 3. The fourth-order valence-electron chi connectivity index (χ4n) is 8.44. The number of carbonyl (C=O) groups excluding carboxylic acids is 2. The van der Waals surface area contributed by atoms with E-state index in [0.717, 1.165) is 57.7 Å². The fourth-order valence-corrected chi connectivity index (χ4v) is 8.44. The van der Waals surface area contributed by atoms with Gasteiger partial charge in [0.05, 0.1) is 38.0 Å². The summed E-state index contributed by atoms with van der Waals surface area (Å²) in [6.45, 7) is 15.1. The van der Waals surface area contributed by atoms with Gasteiger partial charge >= 0.3 is 11.9 Å². The van der Waals surface area contributed by atoms with E-state index in [4.69, 9.17) is 14.2 Å². The van der Waals surface area contributed by atoms with Crippen molar-refractivity contribution < 1.29 is 28.2 Å². The van der Waals surface area contributed by atoms with Crippen molar-refractivity contribution in [1.29, 1.82) is 15.8 Å². The second-order valence-corrected chi connectivity index (χ2v) is 17.1. The Balaban J connectivity index is 1.72. The van der Waals surface area contributed by atoms with E-state index in [0.29, 0.717) is 60.5 Å². The van der Waals surface area contributed by atoms with Crippen LogP contribution in [0.15, 0.2) is 72.8 Å². The first kappa shape index (κ1) is 48.9. The highest BCUT2D eigenvalue weighted by atomic mass is 19.1. The van der Waals surface area contributed by atoms with Crippen LogP contribution in [-0.4, -0.2) is 31.8 Å². The molecule has 0 aliphatic heterocycles. The molecule has 0 bridgehead atoms. The van der Waals surface area contributed by atoms with Crippen LogP contribution in [0.25, 0.3) is 22.3 Å². The van der Waals surface area contributed by atoms with E-state index >= 15 is 4.39 Å². The molecule has 1 saturated carbocycles. The topological polar surface area (TPSA) is 133 Å². The van der Waals surface area contributed by atoms with Crippen molar-refractivity contribution >= 4 is 11.9 Å². The van der Waals surface area contributed by atoms with Crippen LogP contribution in [0.2, 0.25) is 0 Å². The molecule has 0 atom stereocenters. The SMILES string of the molecule is C=C(C)C(=O)OCCCc1cc(-c2ccc(-c3ccc(C4CCC(CCCCC)CC4)cc3F)c(CC)c2)c(CCCOC(=O)C(=C)C)cc1OCC(CC#N)(CC#N)CC#N. The van der Waals surface area contributed by atoms with Crippen LogP contribution in [0, 0.1) is 51.1 Å². The highest BCUT2D eigenvalue weighted by Gasteiger charge is 2.32. The summed E-state index contributed by atoms with van der Waals surface area (Å²) in [5.41, 5.74) is 6.67. The van der Waals surface area contributed by atoms with Gasteiger partial charge in [0, 0.05) is 41.4 Å². The first-order chi connectivity index (χ1) is 29.9. The molecule has 4 rings (SSSR count). The molecule has 1 aliphatic rings. The molecule has 0 amide bonds. The Kier molecular flexibility index (Phi) is 19.5. The normalized spacial score (nSPS) is 14.8. The van der Waals surface area contributed by atoms with Crippen LogP contribution in [0.3, 0.4) is 0 Å². The molecule has 0 spiro atoms. The number of esters is 2. The van der Waals surface area contributed by atoms with Gasteiger partial charge in [-0.05, 0) is 141 Å².